The van der Waals surface area contributed by atoms with E-state index in [0.717, 1.165) is 12.1 Å². The van der Waals surface area contributed by atoms with E-state index in [1.807, 2.05) is 27.7 Å². The number of hydrogen-bond acceptors (Lipinski definition) is 1. The van der Waals surface area contributed by atoms with Gasteiger partial charge in [-0.3, -0.25) is 0 Å². The van der Waals surface area contributed by atoms with Gasteiger partial charge in [-0.05, 0) is 18.2 Å². The molecule has 94 valence electrons. The van der Waals surface area contributed by atoms with Crippen LogP contribution >= 0.6 is 0 Å². The van der Waals surface area contributed by atoms with E-state index in [9.17, 15) is 13.2 Å². The largest absolute Gasteiger partial charge is 0.497 e. The zero-order valence-corrected chi connectivity index (χ0v) is 10.4. The molecule has 0 saturated carbocycles. The average molecular weight is 236 g/mol. The van der Waals surface area contributed by atoms with Crippen LogP contribution in [0.5, 0.6) is 5.75 Å². The summed E-state index contributed by atoms with van der Waals surface area (Å²) in [6.07, 6.45) is -4.30. The fourth-order valence-electron chi connectivity index (χ4n) is 0.799. The maximum absolute atomic E-state index is 12.0. The zero-order chi connectivity index (χ0) is 13.2. The van der Waals surface area contributed by atoms with Gasteiger partial charge in [0.15, 0.2) is 0 Å². The molecule has 1 nitrogen and oxygen atoms in total. The van der Waals surface area contributed by atoms with Gasteiger partial charge in [0, 0.05) is 0 Å². The first-order chi connectivity index (χ1) is 7.54. The molecular weight excluding hydrogens is 217 g/mol. The molecule has 0 aliphatic carbocycles. The molecule has 0 saturated heterocycles. The van der Waals surface area contributed by atoms with Crippen LogP contribution in [-0.4, -0.2) is 7.11 Å². The van der Waals surface area contributed by atoms with Crippen molar-refractivity contribution in [1.29, 1.82) is 0 Å². The molecule has 0 unspecified atom stereocenters. The van der Waals surface area contributed by atoms with Crippen LogP contribution in [0.2, 0.25) is 0 Å². The molecule has 1 aromatic rings. The third-order valence-electron chi connectivity index (χ3n) is 1.40. The second-order valence-electron chi connectivity index (χ2n) is 2.23. The van der Waals surface area contributed by atoms with Crippen molar-refractivity contribution in [1.82, 2.24) is 0 Å². The lowest BCUT2D eigenvalue weighted by Gasteiger charge is -2.07. The summed E-state index contributed by atoms with van der Waals surface area (Å²) in [6, 6.07) is 4.74. The van der Waals surface area contributed by atoms with E-state index in [1.54, 1.807) is 0 Å². The molecule has 1 aromatic carbocycles. The van der Waals surface area contributed by atoms with Crippen LogP contribution in [0.3, 0.4) is 0 Å². The van der Waals surface area contributed by atoms with E-state index in [2.05, 4.69) is 4.74 Å². The molecule has 0 N–H and O–H groups in total. The van der Waals surface area contributed by atoms with Crippen LogP contribution in [0.15, 0.2) is 24.3 Å². The van der Waals surface area contributed by atoms with Crippen molar-refractivity contribution in [3.8, 4) is 5.75 Å². The lowest BCUT2D eigenvalue weighted by molar-refractivity contribution is -0.137. The minimum absolute atomic E-state index is 0.213. The van der Waals surface area contributed by atoms with Crippen molar-refractivity contribution in [3.63, 3.8) is 0 Å². The van der Waals surface area contributed by atoms with Crippen molar-refractivity contribution in [2.75, 3.05) is 7.11 Å². The molecule has 0 aliphatic heterocycles. The standard InChI is InChI=1S/C8H7F3O.2C2H6/c1-12-7-4-2-3-6(5-7)8(9,10)11;2*1-2/h2-5H,1H3;2*1-2H3. The fourth-order valence-corrected chi connectivity index (χ4v) is 0.799. The summed E-state index contributed by atoms with van der Waals surface area (Å²) >= 11 is 0. The Bertz CT molecular complexity index is 269. The van der Waals surface area contributed by atoms with Gasteiger partial charge in [-0.15, -0.1) is 0 Å². The quantitative estimate of drug-likeness (QED) is 0.682. The Labute approximate surface area is 95.2 Å². The highest BCUT2D eigenvalue weighted by Gasteiger charge is 2.30. The summed E-state index contributed by atoms with van der Waals surface area (Å²) in [5.41, 5.74) is -0.693. The predicted molar refractivity (Wildman–Crippen MR) is 60.7 cm³/mol. The third kappa shape index (κ3) is 6.32. The summed E-state index contributed by atoms with van der Waals surface area (Å²) in [4.78, 5) is 0. The summed E-state index contributed by atoms with van der Waals surface area (Å²) in [5, 5.41) is 0. The first-order valence-corrected chi connectivity index (χ1v) is 5.25. The molecule has 0 aliphatic rings. The van der Waals surface area contributed by atoms with Crippen molar-refractivity contribution in [3.05, 3.63) is 29.8 Å². The Morgan fingerprint density at radius 3 is 1.88 bits per heavy atom. The van der Waals surface area contributed by atoms with E-state index in [0.29, 0.717) is 0 Å². The molecule has 0 radical (unpaired) electrons. The molecule has 0 spiro atoms. The summed E-state index contributed by atoms with van der Waals surface area (Å²) in [6.45, 7) is 8.00. The van der Waals surface area contributed by atoms with Gasteiger partial charge < -0.3 is 4.74 Å². The van der Waals surface area contributed by atoms with Crippen LogP contribution in [0, 0.1) is 0 Å². The number of methoxy groups -OCH3 is 1. The molecular formula is C12H19F3O. The molecule has 0 heterocycles. The van der Waals surface area contributed by atoms with Crippen molar-refractivity contribution in [2.24, 2.45) is 0 Å². The number of hydrogen-bond donors (Lipinski definition) is 0. The molecule has 1 rings (SSSR count). The van der Waals surface area contributed by atoms with Gasteiger partial charge >= 0.3 is 6.18 Å². The Morgan fingerprint density at radius 1 is 1.00 bits per heavy atom. The number of ether oxygens (including phenoxy) is 1. The smallest absolute Gasteiger partial charge is 0.416 e. The number of rotatable bonds is 1. The highest BCUT2D eigenvalue weighted by atomic mass is 19.4. The lowest BCUT2D eigenvalue weighted by atomic mass is 10.2. The molecule has 0 amide bonds. The van der Waals surface area contributed by atoms with Crippen LogP contribution in [0.25, 0.3) is 0 Å². The third-order valence-corrected chi connectivity index (χ3v) is 1.40. The van der Waals surface area contributed by atoms with Crippen LogP contribution in [0.4, 0.5) is 13.2 Å². The molecule has 16 heavy (non-hydrogen) atoms. The Hall–Kier alpha value is -1.19. The van der Waals surface area contributed by atoms with E-state index >= 15 is 0 Å². The van der Waals surface area contributed by atoms with E-state index in [4.69, 9.17) is 0 Å². The van der Waals surface area contributed by atoms with Gasteiger partial charge in [-0.2, -0.15) is 13.2 Å². The van der Waals surface area contributed by atoms with Gasteiger partial charge in [0.2, 0.25) is 0 Å². The SMILES string of the molecule is CC.CC.COc1cccc(C(F)(F)F)c1. The first kappa shape index (κ1) is 17.2. The minimum atomic E-state index is -4.30. The van der Waals surface area contributed by atoms with Crippen molar-refractivity contribution >= 4 is 0 Å². The second-order valence-corrected chi connectivity index (χ2v) is 2.23. The van der Waals surface area contributed by atoms with Gasteiger partial charge in [-0.25, -0.2) is 0 Å². The normalized spacial score (nSPS) is 9.25. The van der Waals surface area contributed by atoms with E-state index in [1.165, 1.54) is 19.2 Å². The summed E-state index contributed by atoms with van der Waals surface area (Å²) < 4.78 is 40.8. The monoisotopic (exact) mass is 236 g/mol. The highest BCUT2D eigenvalue weighted by molar-refractivity contribution is 5.29. The number of halogens is 3. The van der Waals surface area contributed by atoms with E-state index in [-0.39, 0.29) is 5.75 Å². The Kier molecular flexibility index (Phi) is 9.75. The van der Waals surface area contributed by atoms with Crippen molar-refractivity contribution < 1.29 is 17.9 Å². The zero-order valence-electron chi connectivity index (χ0n) is 10.4. The van der Waals surface area contributed by atoms with Crippen LogP contribution in [-0.2, 0) is 6.18 Å². The Morgan fingerprint density at radius 2 is 1.50 bits per heavy atom. The molecule has 0 atom stereocenters. The maximum Gasteiger partial charge on any atom is 0.416 e. The van der Waals surface area contributed by atoms with Crippen LogP contribution < -0.4 is 4.74 Å². The number of benzene rings is 1. The lowest BCUT2D eigenvalue weighted by Crippen LogP contribution is -2.04. The fraction of sp³-hybridized carbons (Fsp3) is 0.500. The van der Waals surface area contributed by atoms with Gasteiger partial charge in [0.05, 0.1) is 12.7 Å². The highest BCUT2D eigenvalue weighted by Crippen LogP contribution is 2.30. The van der Waals surface area contributed by atoms with Gasteiger partial charge in [0.1, 0.15) is 5.75 Å². The maximum atomic E-state index is 12.0. The second kappa shape index (κ2) is 9.07. The molecule has 0 aromatic heterocycles. The minimum Gasteiger partial charge on any atom is -0.497 e. The molecule has 0 fully saturated rings. The van der Waals surface area contributed by atoms with Crippen LogP contribution in [0.1, 0.15) is 33.3 Å². The summed E-state index contributed by atoms with van der Waals surface area (Å²) in [5.74, 6) is 0.213. The molecule has 0 bridgehead atoms. The average Bonchev–Trinajstić information content (AvgIpc) is 2.33. The van der Waals surface area contributed by atoms with Gasteiger partial charge in [0.25, 0.3) is 0 Å². The first-order valence-electron chi connectivity index (χ1n) is 5.25. The van der Waals surface area contributed by atoms with Gasteiger partial charge in [-0.1, -0.05) is 33.8 Å². The summed E-state index contributed by atoms with van der Waals surface area (Å²) in [7, 11) is 1.33. The van der Waals surface area contributed by atoms with Crippen molar-refractivity contribution in [2.45, 2.75) is 33.9 Å². The van der Waals surface area contributed by atoms with E-state index < -0.39 is 11.7 Å². The predicted octanol–water partition coefficient (Wildman–Crippen LogP) is 4.77. The number of alkyl halides is 3. The topological polar surface area (TPSA) is 9.23 Å². The Balaban J connectivity index is 0. The molecule has 4 heteroatoms.